The molecule has 29 heavy (non-hydrogen) atoms. The summed E-state index contributed by atoms with van der Waals surface area (Å²) in [5, 5.41) is 5.07. The van der Waals surface area contributed by atoms with Gasteiger partial charge in [-0.1, -0.05) is 12.1 Å². The van der Waals surface area contributed by atoms with Crippen molar-refractivity contribution in [2.75, 3.05) is 5.32 Å². The number of nitrogens with zero attached hydrogens (tertiary/aromatic N) is 1. The Morgan fingerprint density at radius 1 is 1.07 bits per heavy atom. The number of benzene rings is 1. The van der Waals surface area contributed by atoms with Crippen LogP contribution in [0.1, 0.15) is 35.8 Å². The maximum atomic E-state index is 12.9. The number of pyridine rings is 1. The highest BCUT2D eigenvalue weighted by atomic mass is 19.4. The number of rotatable bonds is 6. The maximum absolute atomic E-state index is 12.9. The first-order valence-electron chi connectivity index (χ1n) is 8.17. The van der Waals surface area contributed by atoms with Crippen LogP contribution in [-0.4, -0.2) is 29.1 Å². The smallest absolute Gasteiger partial charge is 0.426 e. The van der Waals surface area contributed by atoms with Gasteiger partial charge < -0.3 is 15.4 Å². The number of hydrogen-bond acceptors (Lipinski definition) is 4. The number of carbonyl (C=O) groups is 2. The molecule has 11 heteroatoms. The van der Waals surface area contributed by atoms with Crippen LogP contribution in [0, 0.1) is 0 Å². The quantitative estimate of drug-likeness (QED) is 0.695. The molecule has 0 spiro atoms. The van der Waals surface area contributed by atoms with Crippen molar-refractivity contribution in [3.05, 3.63) is 53.7 Å². The third-order valence-electron chi connectivity index (χ3n) is 3.63. The summed E-state index contributed by atoms with van der Waals surface area (Å²) < 4.78 is 66.1. The van der Waals surface area contributed by atoms with E-state index in [1.165, 1.54) is 37.4 Å². The largest absolute Gasteiger partial charge is 0.499 e. The van der Waals surface area contributed by atoms with Crippen molar-refractivity contribution < 1.29 is 36.3 Å². The van der Waals surface area contributed by atoms with Crippen LogP contribution in [-0.2, 0) is 4.79 Å². The summed E-state index contributed by atoms with van der Waals surface area (Å²) in [5.74, 6) is -1.36. The van der Waals surface area contributed by atoms with Crippen LogP contribution in [0.25, 0.3) is 0 Å². The van der Waals surface area contributed by atoms with Gasteiger partial charge in [0.25, 0.3) is 5.91 Å². The van der Waals surface area contributed by atoms with E-state index in [2.05, 4.69) is 20.4 Å². The van der Waals surface area contributed by atoms with Gasteiger partial charge in [-0.3, -0.25) is 9.59 Å². The van der Waals surface area contributed by atoms with Crippen LogP contribution in [0.4, 0.5) is 27.8 Å². The molecule has 0 aliphatic rings. The van der Waals surface area contributed by atoms with Gasteiger partial charge >= 0.3 is 12.3 Å². The van der Waals surface area contributed by atoms with Gasteiger partial charge in [0.05, 0.1) is 6.04 Å². The summed E-state index contributed by atoms with van der Waals surface area (Å²) in [4.78, 5) is 27.3. The molecule has 0 saturated heterocycles. The topological polar surface area (TPSA) is 80.3 Å². The van der Waals surface area contributed by atoms with Gasteiger partial charge in [0.15, 0.2) is 0 Å². The first-order chi connectivity index (χ1) is 13.4. The molecule has 1 heterocycles. The van der Waals surface area contributed by atoms with E-state index in [1.54, 1.807) is 6.92 Å². The molecule has 6 nitrogen and oxygen atoms in total. The zero-order chi connectivity index (χ0) is 21.8. The summed E-state index contributed by atoms with van der Waals surface area (Å²) in [6, 6.07) is 6.57. The molecule has 156 valence electrons. The molecule has 0 fully saturated rings. The molecule has 1 aromatic heterocycles. The number of halogens is 5. The van der Waals surface area contributed by atoms with Gasteiger partial charge in [-0.25, -0.2) is 4.98 Å². The summed E-state index contributed by atoms with van der Waals surface area (Å²) in [6.07, 6.45) is -9.83. The Hall–Kier alpha value is -3.24. The molecule has 0 bridgehead atoms. The second-order valence-electron chi connectivity index (χ2n) is 5.99. The fourth-order valence-corrected chi connectivity index (χ4v) is 2.21. The van der Waals surface area contributed by atoms with Gasteiger partial charge in [-0.05, 0) is 36.8 Å². The molecular weight excluding hydrogens is 401 g/mol. The second-order valence-corrected chi connectivity index (χ2v) is 5.99. The normalized spacial score (nSPS) is 12.8. The van der Waals surface area contributed by atoms with Crippen LogP contribution in [0.2, 0.25) is 0 Å². The van der Waals surface area contributed by atoms with Gasteiger partial charge in [-0.15, -0.1) is 0 Å². The third-order valence-corrected chi connectivity index (χ3v) is 3.63. The highest BCUT2D eigenvalue weighted by Crippen LogP contribution is 2.37. The molecule has 2 rings (SSSR count). The van der Waals surface area contributed by atoms with Crippen molar-refractivity contribution in [1.82, 2.24) is 10.3 Å². The van der Waals surface area contributed by atoms with E-state index < -0.39 is 30.0 Å². The Balaban J connectivity index is 2.05. The van der Waals surface area contributed by atoms with E-state index in [-0.39, 0.29) is 17.3 Å². The molecule has 0 saturated carbocycles. The van der Waals surface area contributed by atoms with E-state index in [0.717, 1.165) is 12.1 Å². The number of nitrogens with one attached hydrogen (secondary N) is 2. The van der Waals surface area contributed by atoms with Crippen LogP contribution >= 0.6 is 0 Å². The lowest BCUT2D eigenvalue weighted by molar-refractivity contribution is -0.360. The van der Waals surface area contributed by atoms with Crippen molar-refractivity contribution in [2.45, 2.75) is 32.2 Å². The average molecular weight is 417 g/mol. The fourth-order valence-electron chi connectivity index (χ4n) is 2.21. The molecule has 2 aromatic rings. The van der Waals surface area contributed by atoms with Crippen LogP contribution in [0.3, 0.4) is 0 Å². The number of anilines is 1. The molecule has 1 atom stereocenters. The lowest BCUT2D eigenvalue weighted by Crippen LogP contribution is -2.41. The van der Waals surface area contributed by atoms with Gasteiger partial charge in [0.1, 0.15) is 11.6 Å². The average Bonchev–Trinajstić information content (AvgIpc) is 2.60. The Morgan fingerprint density at radius 2 is 1.69 bits per heavy atom. The van der Waals surface area contributed by atoms with Gasteiger partial charge in [-0.2, -0.15) is 22.0 Å². The monoisotopic (exact) mass is 417 g/mol. The number of hydrogen-bond donors (Lipinski definition) is 2. The Bertz CT molecular complexity index is 885. The Morgan fingerprint density at radius 3 is 2.24 bits per heavy atom. The first kappa shape index (κ1) is 22.1. The van der Waals surface area contributed by atoms with Crippen molar-refractivity contribution in [1.29, 1.82) is 0 Å². The Kier molecular flexibility index (Phi) is 6.40. The molecule has 0 aliphatic carbocycles. The summed E-state index contributed by atoms with van der Waals surface area (Å²) in [6.45, 7) is 2.88. The number of aromatic nitrogens is 1. The molecule has 1 unspecified atom stereocenters. The second kappa shape index (κ2) is 8.41. The van der Waals surface area contributed by atoms with E-state index in [1.807, 2.05) is 0 Å². The number of amides is 2. The molecule has 0 aliphatic heterocycles. The number of ether oxygens (including phenoxy) is 1. The lowest BCUT2D eigenvalue weighted by atomic mass is 10.1. The van der Waals surface area contributed by atoms with Crippen molar-refractivity contribution >= 4 is 17.6 Å². The predicted molar refractivity (Wildman–Crippen MR) is 92.5 cm³/mol. The van der Waals surface area contributed by atoms with E-state index in [9.17, 15) is 31.5 Å². The van der Waals surface area contributed by atoms with E-state index >= 15 is 0 Å². The number of carbonyl (C=O) groups excluding carboxylic acids is 2. The zero-order valence-electron chi connectivity index (χ0n) is 15.2. The molecular formula is C18H16F5N3O3. The van der Waals surface area contributed by atoms with Gasteiger partial charge in [0, 0.05) is 18.7 Å². The SMILES string of the molecule is CC(=O)Nc1cc(C(=O)NC(C)c2ccc(OC(F)(F)C(F)(F)F)cc2)ccn1. The van der Waals surface area contributed by atoms with E-state index in [0.29, 0.717) is 5.56 Å². The highest BCUT2D eigenvalue weighted by molar-refractivity contribution is 5.96. The molecule has 2 amide bonds. The summed E-state index contributed by atoms with van der Waals surface area (Å²) in [7, 11) is 0. The minimum absolute atomic E-state index is 0.185. The minimum Gasteiger partial charge on any atom is -0.426 e. The van der Waals surface area contributed by atoms with Crippen LogP contribution < -0.4 is 15.4 Å². The fraction of sp³-hybridized carbons (Fsp3) is 0.278. The van der Waals surface area contributed by atoms with Crippen LogP contribution in [0.15, 0.2) is 42.6 Å². The van der Waals surface area contributed by atoms with Crippen molar-refractivity contribution in [3.8, 4) is 5.75 Å². The molecule has 1 aromatic carbocycles. The molecule has 2 N–H and O–H groups in total. The minimum atomic E-state index is -5.84. The third kappa shape index (κ3) is 5.87. The summed E-state index contributed by atoms with van der Waals surface area (Å²) >= 11 is 0. The maximum Gasteiger partial charge on any atom is 0.499 e. The standard InChI is InChI=1S/C18H16F5N3O3/c1-10(25-16(28)13-7-8-24-15(9-13)26-11(2)27)12-3-5-14(6-4-12)29-18(22,23)17(19,20)21/h3-10H,1-2H3,(H,25,28)(H,24,26,27). The van der Waals surface area contributed by atoms with Crippen molar-refractivity contribution in [2.24, 2.45) is 0 Å². The Labute approximate surface area is 162 Å². The van der Waals surface area contributed by atoms with Gasteiger partial charge in [0.2, 0.25) is 5.91 Å². The highest BCUT2D eigenvalue weighted by Gasteiger charge is 2.61. The van der Waals surface area contributed by atoms with Crippen molar-refractivity contribution in [3.63, 3.8) is 0 Å². The zero-order valence-corrected chi connectivity index (χ0v) is 15.2. The lowest BCUT2D eigenvalue weighted by Gasteiger charge is -2.20. The summed E-state index contributed by atoms with van der Waals surface area (Å²) in [5.41, 5.74) is 0.650. The first-order valence-corrected chi connectivity index (χ1v) is 8.17. The van der Waals surface area contributed by atoms with Crippen LogP contribution in [0.5, 0.6) is 5.75 Å². The molecule has 0 radical (unpaired) electrons. The predicted octanol–water partition coefficient (Wildman–Crippen LogP) is 4.06. The van der Waals surface area contributed by atoms with E-state index in [4.69, 9.17) is 0 Å². The number of alkyl halides is 5.